The van der Waals surface area contributed by atoms with E-state index in [4.69, 9.17) is 9.47 Å². The topological polar surface area (TPSA) is 76.3 Å². The Morgan fingerprint density at radius 2 is 1.94 bits per heavy atom. The second-order valence-electron chi connectivity index (χ2n) is 8.87. The summed E-state index contributed by atoms with van der Waals surface area (Å²) in [6.07, 6.45) is 3.49. The number of rotatable bonds is 8. The molecular formula is C25H27F3N6O2. The van der Waals surface area contributed by atoms with Crippen LogP contribution in [0.4, 0.5) is 19.0 Å². The first-order valence-corrected chi connectivity index (χ1v) is 11.8. The Labute approximate surface area is 206 Å². The van der Waals surface area contributed by atoms with E-state index < -0.39 is 23.1 Å². The first kappa shape index (κ1) is 24.4. The van der Waals surface area contributed by atoms with E-state index in [9.17, 15) is 4.39 Å². The number of hydrogen-bond donors (Lipinski definition) is 1. The van der Waals surface area contributed by atoms with Crippen LogP contribution in [0.5, 0.6) is 0 Å². The summed E-state index contributed by atoms with van der Waals surface area (Å²) in [4.78, 5) is 10.8. The summed E-state index contributed by atoms with van der Waals surface area (Å²) in [5.74, 6) is -4.11. The number of amidine groups is 1. The first-order valence-electron chi connectivity index (χ1n) is 11.8. The number of aromatic nitrogens is 3. The summed E-state index contributed by atoms with van der Waals surface area (Å²) in [5, 5.41) is 7.17. The molecule has 190 valence electrons. The molecule has 0 spiro atoms. The van der Waals surface area contributed by atoms with Crippen molar-refractivity contribution in [3.8, 4) is 0 Å². The smallest absolute Gasteiger partial charge is 0.333 e. The Morgan fingerprint density at radius 1 is 1.17 bits per heavy atom. The maximum absolute atomic E-state index is 15.4. The van der Waals surface area contributed by atoms with Crippen LogP contribution < -0.4 is 5.32 Å². The number of hydrogen-bond acceptors (Lipinski definition) is 7. The van der Waals surface area contributed by atoms with Gasteiger partial charge in [-0.3, -0.25) is 9.89 Å². The van der Waals surface area contributed by atoms with Gasteiger partial charge in [-0.05, 0) is 54.5 Å². The van der Waals surface area contributed by atoms with Gasteiger partial charge in [-0.2, -0.15) is 8.78 Å². The molecule has 2 aromatic heterocycles. The molecule has 3 aromatic rings. The number of morpholine rings is 1. The van der Waals surface area contributed by atoms with Crippen molar-refractivity contribution in [1.82, 2.24) is 19.5 Å². The summed E-state index contributed by atoms with van der Waals surface area (Å²) in [7, 11) is 0. The Bertz CT molecular complexity index is 1280. The predicted molar refractivity (Wildman–Crippen MR) is 129 cm³/mol. The lowest BCUT2D eigenvalue weighted by atomic mass is 10.1. The van der Waals surface area contributed by atoms with Crippen LogP contribution in [0.25, 0.3) is 5.52 Å². The normalized spacial score (nSPS) is 16.9. The highest BCUT2D eigenvalue weighted by Crippen LogP contribution is 2.34. The van der Waals surface area contributed by atoms with Crippen molar-refractivity contribution >= 4 is 17.2 Å². The number of benzene rings is 1. The highest BCUT2D eigenvalue weighted by Gasteiger charge is 2.39. The van der Waals surface area contributed by atoms with Crippen molar-refractivity contribution < 1.29 is 22.6 Å². The van der Waals surface area contributed by atoms with Gasteiger partial charge in [0.15, 0.2) is 5.82 Å². The largest absolute Gasteiger partial charge is 0.379 e. The van der Waals surface area contributed by atoms with Gasteiger partial charge < -0.3 is 14.8 Å². The lowest BCUT2D eigenvalue weighted by molar-refractivity contribution is 0.0180. The van der Waals surface area contributed by atoms with Crippen molar-refractivity contribution in [2.75, 3.05) is 51.3 Å². The van der Waals surface area contributed by atoms with Crippen LogP contribution in [-0.2, 0) is 22.0 Å². The van der Waals surface area contributed by atoms with E-state index in [1.54, 1.807) is 6.20 Å². The van der Waals surface area contributed by atoms with Gasteiger partial charge in [0.05, 0.1) is 33.0 Å². The van der Waals surface area contributed by atoms with Crippen LogP contribution >= 0.6 is 0 Å². The molecule has 4 heterocycles. The molecule has 11 heteroatoms. The number of alkyl halides is 2. The molecule has 0 saturated carbocycles. The third-order valence-electron chi connectivity index (χ3n) is 6.06. The molecule has 2 aliphatic heterocycles. The minimum Gasteiger partial charge on any atom is -0.379 e. The van der Waals surface area contributed by atoms with Crippen molar-refractivity contribution in [3.05, 3.63) is 70.9 Å². The Hall–Kier alpha value is -3.28. The molecule has 36 heavy (non-hydrogen) atoms. The van der Waals surface area contributed by atoms with Gasteiger partial charge in [-0.25, -0.2) is 13.9 Å². The number of ether oxygens (including phenoxy) is 2. The number of fused-ring (bicyclic) bond motifs is 1. The zero-order chi connectivity index (χ0) is 25.1. The average Bonchev–Trinajstić information content (AvgIpc) is 3.48. The molecule has 0 atom stereocenters. The highest BCUT2D eigenvalue weighted by molar-refractivity contribution is 6.06. The first-order chi connectivity index (χ1) is 17.4. The lowest BCUT2D eigenvalue weighted by Crippen LogP contribution is -2.38. The summed E-state index contributed by atoms with van der Waals surface area (Å²) in [6.45, 7) is 7.32. The van der Waals surface area contributed by atoms with Crippen molar-refractivity contribution in [3.63, 3.8) is 0 Å². The van der Waals surface area contributed by atoms with Crippen molar-refractivity contribution in [2.24, 2.45) is 4.99 Å². The SMILES string of the molecule is CC1=CC(Nc2nc(C(F)(F)c3ccc(F)cc3)nn3cc(COCCN4CCOCC4)cc23)=NC1. The van der Waals surface area contributed by atoms with E-state index in [0.29, 0.717) is 31.1 Å². The number of nitrogens with zero attached hydrogens (tertiary/aromatic N) is 5. The molecule has 8 nitrogen and oxygen atoms in total. The minimum atomic E-state index is -3.54. The van der Waals surface area contributed by atoms with Crippen LogP contribution in [0.15, 0.2) is 53.2 Å². The third kappa shape index (κ3) is 5.43. The van der Waals surface area contributed by atoms with Gasteiger partial charge in [0, 0.05) is 31.4 Å². The van der Waals surface area contributed by atoms with E-state index in [2.05, 4.69) is 25.3 Å². The van der Waals surface area contributed by atoms with Crippen LogP contribution in [0, 0.1) is 5.82 Å². The highest BCUT2D eigenvalue weighted by atomic mass is 19.3. The van der Waals surface area contributed by atoms with Crippen LogP contribution in [0.2, 0.25) is 0 Å². The molecule has 0 aliphatic carbocycles. The quantitative estimate of drug-likeness (QED) is 0.476. The number of aliphatic imine (C=N–C) groups is 1. The molecule has 1 saturated heterocycles. The Morgan fingerprint density at radius 3 is 2.67 bits per heavy atom. The second-order valence-corrected chi connectivity index (χ2v) is 8.87. The van der Waals surface area contributed by atoms with E-state index in [-0.39, 0.29) is 5.82 Å². The molecule has 2 aliphatic rings. The van der Waals surface area contributed by atoms with E-state index in [0.717, 1.165) is 68.3 Å². The molecule has 1 N–H and O–H groups in total. The maximum Gasteiger partial charge on any atom is 0.333 e. The molecule has 1 fully saturated rings. The molecule has 0 unspecified atom stereocenters. The molecule has 0 bridgehead atoms. The molecule has 1 aromatic carbocycles. The second kappa shape index (κ2) is 10.4. The fourth-order valence-electron chi connectivity index (χ4n) is 4.08. The Balaban J connectivity index is 1.40. The number of anilines is 1. The van der Waals surface area contributed by atoms with Gasteiger partial charge in [0.2, 0.25) is 5.82 Å². The van der Waals surface area contributed by atoms with E-state index in [1.165, 1.54) is 4.52 Å². The summed E-state index contributed by atoms with van der Waals surface area (Å²) >= 11 is 0. The molecule has 5 rings (SSSR count). The molecule has 0 radical (unpaired) electrons. The maximum atomic E-state index is 15.4. The summed E-state index contributed by atoms with van der Waals surface area (Å²) in [5.41, 5.74) is 1.93. The van der Waals surface area contributed by atoms with E-state index >= 15 is 8.78 Å². The standard InChI is InChI=1S/C25H27F3N6O2/c1-17-12-22(29-14-17)30-23-21-13-18(16-36-11-8-33-6-9-35-10-7-33)15-34(21)32-24(31-23)25(27,28)19-2-4-20(26)5-3-19/h2-5,12-13,15H,6-11,14,16H2,1H3,(H,29,30,31,32). The fourth-order valence-corrected chi connectivity index (χ4v) is 4.08. The van der Waals surface area contributed by atoms with Gasteiger partial charge in [-0.1, -0.05) is 0 Å². The zero-order valence-corrected chi connectivity index (χ0v) is 19.9. The van der Waals surface area contributed by atoms with Gasteiger partial charge in [-0.15, -0.1) is 5.10 Å². The fraction of sp³-hybridized carbons (Fsp3) is 0.400. The average molecular weight is 501 g/mol. The number of nitrogens with one attached hydrogen (secondary N) is 1. The van der Waals surface area contributed by atoms with Crippen molar-refractivity contribution in [1.29, 1.82) is 0 Å². The third-order valence-corrected chi connectivity index (χ3v) is 6.06. The zero-order valence-electron chi connectivity index (χ0n) is 19.9. The Kier molecular flexibility index (Phi) is 7.04. The monoisotopic (exact) mass is 500 g/mol. The summed E-state index contributed by atoms with van der Waals surface area (Å²) in [6, 6.07) is 5.86. The van der Waals surface area contributed by atoms with Gasteiger partial charge in [0.25, 0.3) is 0 Å². The van der Waals surface area contributed by atoms with Gasteiger partial charge >= 0.3 is 5.92 Å². The summed E-state index contributed by atoms with van der Waals surface area (Å²) < 4.78 is 56.6. The van der Waals surface area contributed by atoms with Crippen LogP contribution in [-0.4, -0.2) is 71.3 Å². The predicted octanol–water partition coefficient (Wildman–Crippen LogP) is 3.63. The van der Waals surface area contributed by atoms with Crippen molar-refractivity contribution in [2.45, 2.75) is 19.5 Å². The van der Waals surface area contributed by atoms with Gasteiger partial charge in [0.1, 0.15) is 17.2 Å². The van der Waals surface area contributed by atoms with Crippen LogP contribution in [0.3, 0.4) is 0 Å². The molecular weight excluding hydrogens is 473 g/mol. The minimum absolute atomic E-state index is 0.200. The number of halogens is 3. The lowest BCUT2D eigenvalue weighted by Gasteiger charge is -2.26. The van der Waals surface area contributed by atoms with E-state index in [1.807, 2.05) is 19.1 Å². The molecule has 0 amide bonds. The van der Waals surface area contributed by atoms with Crippen LogP contribution in [0.1, 0.15) is 23.9 Å².